The van der Waals surface area contributed by atoms with Crippen molar-refractivity contribution in [3.05, 3.63) is 83.9 Å². The molecule has 0 heterocycles. The minimum absolute atomic E-state index is 0.372. The van der Waals surface area contributed by atoms with Crippen molar-refractivity contribution in [3.8, 4) is 11.5 Å². The number of anilines is 2. The molecule has 0 bridgehead atoms. The number of hydrogen-bond acceptors (Lipinski definition) is 7. The summed E-state index contributed by atoms with van der Waals surface area (Å²) in [6.45, 7) is 8.06. The fraction of sp³-hybridized carbons (Fsp3) is 0.286. The van der Waals surface area contributed by atoms with Gasteiger partial charge in [-0.15, -0.1) is 0 Å². The van der Waals surface area contributed by atoms with Crippen LogP contribution < -0.4 is 20.1 Å². The lowest BCUT2D eigenvalue weighted by atomic mass is 10.1. The predicted octanol–water partition coefficient (Wildman–Crippen LogP) is 5.44. The van der Waals surface area contributed by atoms with Gasteiger partial charge in [0.05, 0.1) is 0 Å². The van der Waals surface area contributed by atoms with Crippen molar-refractivity contribution in [2.45, 2.75) is 52.2 Å². The number of hydrogen-bond donors (Lipinski definition) is 3. The van der Waals surface area contributed by atoms with Gasteiger partial charge in [0.1, 0.15) is 11.5 Å². The second-order valence-corrected chi connectivity index (χ2v) is 9.21. The van der Waals surface area contributed by atoms with Crippen LogP contribution in [0.25, 0.3) is 0 Å². The van der Waals surface area contributed by atoms with Crippen molar-refractivity contribution in [2.24, 2.45) is 0 Å². The van der Waals surface area contributed by atoms with Crippen LogP contribution in [0.2, 0.25) is 0 Å². The molecule has 0 aromatic heterocycles. The third-order valence-corrected chi connectivity index (χ3v) is 5.31. The van der Waals surface area contributed by atoms with E-state index in [2.05, 4.69) is 34.9 Å². The minimum Gasteiger partial charge on any atom is -0.478 e. The van der Waals surface area contributed by atoms with Gasteiger partial charge in [0.25, 0.3) is 6.47 Å². The molecule has 0 aliphatic rings. The molecular formula is C28H32N2O6. The van der Waals surface area contributed by atoms with Gasteiger partial charge in [-0.3, -0.25) is 4.79 Å². The topological polar surface area (TPSA) is 106 Å². The Labute approximate surface area is 211 Å². The van der Waals surface area contributed by atoms with Crippen molar-refractivity contribution < 1.29 is 28.9 Å². The van der Waals surface area contributed by atoms with E-state index in [1.54, 1.807) is 26.0 Å². The Morgan fingerprint density at radius 2 is 1.17 bits per heavy atom. The monoisotopic (exact) mass is 492 g/mol. The molecule has 3 aromatic rings. The highest BCUT2D eigenvalue weighted by molar-refractivity contribution is 5.76. The van der Waals surface area contributed by atoms with Gasteiger partial charge >= 0.3 is 5.97 Å². The van der Waals surface area contributed by atoms with E-state index in [0.29, 0.717) is 31.1 Å². The maximum absolute atomic E-state index is 11.2. The summed E-state index contributed by atoms with van der Waals surface area (Å²) < 4.78 is 16.1. The van der Waals surface area contributed by atoms with E-state index in [-0.39, 0.29) is 0 Å². The quantitative estimate of drug-likeness (QED) is 0.214. The molecule has 3 N–H and O–H groups in total. The van der Waals surface area contributed by atoms with Crippen molar-refractivity contribution in [3.63, 3.8) is 0 Å². The molecule has 0 aliphatic heterocycles. The summed E-state index contributed by atoms with van der Waals surface area (Å²) in [5.74, 6) is -0.930. The zero-order chi connectivity index (χ0) is 26.2. The standard InChI is InChI=1S/C28H32N2O6/c1-27(2,26(32)33)35-24-13-9-22(10-14-24)29-17-20-5-7-21(8-6-20)18-30-23-11-15-25(16-12-23)36-28(3,4)34-19-31/h5-16,19,29-30H,17-18H2,1-4H3,(H,32,33). The first kappa shape index (κ1) is 26.4. The Bertz CT molecular complexity index is 1140. The molecule has 0 unspecified atom stereocenters. The number of rotatable bonds is 13. The number of ether oxygens (including phenoxy) is 3. The van der Waals surface area contributed by atoms with E-state index in [9.17, 15) is 14.7 Å². The highest BCUT2D eigenvalue weighted by Gasteiger charge is 2.29. The third kappa shape index (κ3) is 7.94. The van der Waals surface area contributed by atoms with Gasteiger partial charge in [-0.25, -0.2) is 4.79 Å². The molecule has 0 saturated heterocycles. The highest BCUT2D eigenvalue weighted by Crippen LogP contribution is 2.23. The minimum atomic E-state index is -1.28. The summed E-state index contributed by atoms with van der Waals surface area (Å²) in [4.78, 5) is 21.7. The fourth-order valence-electron chi connectivity index (χ4n) is 3.23. The zero-order valence-corrected chi connectivity index (χ0v) is 20.9. The number of aliphatic carboxylic acids is 1. The number of carbonyl (C=O) groups is 2. The van der Waals surface area contributed by atoms with Crippen molar-refractivity contribution >= 4 is 23.8 Å². The third-order valence-electron chi connectivity index (χ3n) is 5.31. The number of nitrogens with one attached hydrogen (secondary N) is 2. The first-order valence-electron chi connectivity index (χ1n) is 11.5. The Morgan fingerprint density at radius 1 is 0.750 bits per heavy atom. The van der Waals surface area contributed by atoms with Crippen LogP contribution in [0.5, 0.6) is 11.5 Å². The fourth-order valence-corrected chi connectivity index (χ4v) is 3.23. The lowest BCUT2D eigenvalue weighted by molar-refractivity contribution is -0.170. The molecule has 36 heavy (non-hydrogen) atoms. The van der Waals surface area contributed by atoms with E-state index < -0.39 is 17.4 Å². The molecule has 3 aromatic carbocycles. The second-order valence-electron chi connectivity index (χ2n) is 9.21. The molecule has 0 saturated carbocycles. The number of benzene rings is 3. The lowest BCUT2D eigenvalue weighted by Gasteiger charge is -2.24. The summed E-state index contributed by atoms with van der Waals surface area (Å²) in [5.41, 5.74) is 2.85. The van der Waals surface area contributed by atoms with Gasteiger partial charge in [0.15, 0.2) is 5.60 Å². The molecule has 8 nitrogen and oxygen atoms in total. The average molecular weight is 493 g/mol. The van der Waals surface area contributed by atoms with Gasteiger partial charge in [-0.2, -0.15) is 0 Å². The lowest BCUT2D eigenvalue weighted by Crippen LogP contribution is -2.37. The summed E-state index contributed by atoms with van der Waals surface area (Å²) >= 11 is 0. The Morgan fingerprint density at radius 3 is 1.56 bits per heavy atom. The Hall–Kier alpha value is -4.20. The van der Waals surface area contributed by atoms with E-state index in [1.165, 1.54) is 13.8 Å². The first-order valence-corrected chi connectivity index (χ1v) is 11.5. The Balaban J connectivity index is 1.46. The Kier molecular flexibility index (Phi) is 8.42. The van der Waals surface area contributed by atoms with Gasteiger partial charge in [-0.05, 0) is 73.5 Å². The average Bonchev–Trinajstić information content (AvgIpc) is 2.83. The predicted molar refractivity (Wildman–Crippen MR) is 138 cm³/mol. The first-order chi connectivity index (χ1) is 17.1. The molecule has 0 radical (unpaired) electrons. The zero-order valence-electron chi connectivity index (χ0n) is 20.9. The van der Waals surface area contributed by atoms with Gasteiger partial charge in [0.2, 0.25) is 5.79 Å². The highest BCUT2D eigenvalue weighted by atomic mass is 16.7. The van der Waals surface area contributed by atoms with Crippen molar-refractivity contribution in [1.29, 1.82) is 0 Å². The molecule has 3 rings (SSSR count). The summed E-state index contributed by atoms with van der Waals surface area (Å²) in [5, 5.41) is 15.9. The number of carboxylic acids is 1. The van der Waals surface area contributed by atoms with Crippen LogP contribution >= 0.6 is 0 Å². The van der Waals surface area contributed by atoms with E-state index in [1.807, 2.05) is 36.4 Å². The largest absolute Gasteiger partial charge is 0.478 e. The van der Waals surface area contributed by atoms with E-state index in [4.69, 9.17) is 14.2 Å². The number of carbonyl (C=O) groups excluding carboxylic acids is 1. The van der Waals surface area contributed by atoms with Gasteiger partial charge in [-0.1, -0.05) is 24.3 Å². The van der Waals surface area contributed by atoms with Crippen LogP contribution in [0.1, 0.15) is 38.8 Å². The molecule has 0 amide bonds. The summed E-state index contributed by atoms with van der Waals surface area (Å²) in [6, 6.07) is 23.0. The van der Waals surface area contributed by atoms with Crippen molar-refractivity contribution in [1.82, 2.24) is 0 Å². The second kappa shape index (κ2) is 11.5. The smallest absolute Gasteiger partial charge is 0.347 e. The maximum atomic E-state index is 11.2. The van der Waals surface area contributed by atoms with E-state index in [0.717, 1.165) is 22.5 Å². The maximum Gasteiger partial charge on any atom is 0.347 e. The number of carboxylic acid groups (broad SMARTS) is 1. The molecule has 8 heteroatoms. The van der Waals surface area contributed by atoms with Crippen molar-refractivity contribution in [2.75, 3.05) is 10.6 Å². The van der Waals surface area contributed by atoms with Crippen LogP contribution in [0.15, 0.2) is 72.8 Å². The SMILES string of the molecule is CC(C)(OC=O)Oc1ccc(NCc2ccc(CNc3ccc(OC(C)(C)C(=O)O)cc3)cc2)cc1. The van der Waals surface area contributed by atoms with E-state index >= 15 is 0 Å². The van der Waals surface area contributed by atoms with Crippen LogP contribution in [-0.2, 0) is 27.4 Å². The molecular weight excluding hydrogens is 460 g/mol. The molecule has 0 aliphatic carbocycles. The van der Waals surface area contributed by atoms with Crippen LogP contribution in [0, 0.1) is 0 Å². The van der Waals surface area contributed by atoms with Gasteiger partial charge in [0, 0.05) is 38.3 Å². The molecule has 0 fully saturated rings. The molecule has 0 atom stereocenters. The van der Waals surface area contributed by atoms with Crippen LogP contribution in [0.4, 0.5) is 11.4 Å². The molecule has 0 spiro atoms. The summed E-state index contributed by atoms with van der Waals surface area (Å²) in [7, 11) is 0. The van der Waals surface area contributed by atoms with Crippen LogP contribution in [-0.4, -0.2) is 28.9 Å². The van der Waals surface area contributed by atoms with Gasteiger partial charge < -0.3 is 30.0 Å². The van der Waals surface area contributed by atoms with Crippen LogP contribution in [0.3, 0.4) is 0 Å². The summed E-state index contributed by atoms with van der Waals surface area (Å²) in [6.07, 6.45) is 0. The normalized spacial score (nSPS) is 11.3. The molecule has 190 valence electrons.